The van der Waals surface area contributed by atoms with Crippen molar-refractivity contribution in [2.75, 3.05) is 20.6 Å². The molecule has 0 heterocycles. The first-order valence-electron chi connectivity index (χ1n) is 12.0. The lowest BCUT2D eigenvalue weighted by atomic mass is 9.75. The van der Waals surface area contributed by atoms with Crippen LogP contribution in [0.2, 0.25) is 0 Å². The number of carbonyl (C=O) groups is 3. The number of halogens is 1. The van der Waals surface area contributed by atoms with Gasteiger partial charge in [-0.2, -0.15) is 0 Å². The number of carbonyl (C=O) groups excluding carboxylic acids is 2. The zero-order valence-electron chi connectivity index (χ0n) is 20.7. The van der Waals surface area contributed by atoms with Gasteiger partial charge in [-0.05, 0) is 82.7 Å². The van der Waals surface area contributed by atoms with Crippen molar-refractivity contribution in [3.63, 3.8) is 0 Å². The Labute approximate surface area is 201 Å². The number of carboxylic acid groups (broad SMARTS) is 1. The minimum Gasteiger partial charge on any atom is -0.465 e. The SMILES string of the molecule is CC(C)CC(NC(=O)CNC(=O)O)C(=O)NC1CCC(CCc2cccc(F)c2)(N(C)C)CC1. The average Bonchev–Trinajstić information content (AvgIpc) is 2.76. The fraction of sp³-hybridized carbons (Fsp3) is 0.640. The van der Waals surface area contributed by atoms with Crippen molar-refractivity contribution in [3.05, 3.63) is 35.6 Å². The van der Waals surface area contributed by atoms with Crippen LogP contribution in [0.1, 0.15) is 57.9 Å². The molecule has 1 aromatic carbocycles. The summed E-state index contributed by atoms with van der Waals surface area (Å²) in [6.45, 7) is 3.54. The summed E-state index contributed by atoms with van der Waals surface area (Å²) < 4.78 is 13.6. The molecule has 3 amide bonds. The molecule has 9 heteroatoms. The second-order valence-electron chi connectivity index (χ2n) is 9.94. The van der Waals surface area contributed by atoms with Gasteiger partial charge in [0.1, 0.15) is 18.4 Å². The Kier molecular flexibility index (Phi) is 10.3. The largest absolute Gasteiger partial charge is 0.465 e. The molecule has 0 radical (unpaired) electrons. The summed E-state index contributed by atoms with van der Waals surface area (Å²) in [5.74, 6) is -0.807. The maximum atomic E-state index is 13.6. The van der Waals surface area contributed by atoms with Crippen LogP contribution in [-0.2, 0) is 16.0 Å². The van der Waals surface area contributed by atoms with Gasteiger partial charge in [0.2, 0.25) is 11.8 Å². The maximum absolute atomic E-state index is 13.6. The normalized spacial score (nSPS) is 21.2. The van der Waals surface area contributed by atoms with Crippen LogP contribution < -0.4 is 16.0 Å². The lowest BCUT2D eigenvalue weighted by Crippen LogP contribution is -2.55. The topological polar surface area (TPSA) is 111 Å². The molecular formula is C25H39FN4O4. The second-order valence-corrected chi connectivity index (χ2v) is 9.94. The molecule has 190 valence electrons. The molecule has 4 N–H and O–H groups in total. The Morgan fingerprint density at radius 3 is 2.44 bits per heavy atom. The highest BCUT2D eigenvalue weighted by Gasteiger charge is 2.37. The molecule has 0 saturated heterocycles. The Bertz CT molecular complexity index is 838. The first-order chi connectivity index (χ1) is 16.0. The molecule has 1 unspecified atom stereocenters. The predicted octanol–water partition coefficient (Wildman–Crippen LogP) is 2.92. The van der Waals surface area contributed by atoms with Crippen molar-refractivity contribution in [2.24, 2.45) is 5.92 Å². The molecule has 0 bridgehead atoms. The van der Waals surface area contributed by atoms with Crippen LogP contribution >= 0.6 is 0 Å². The van der Waals surface area contributed by atoms with Gasteiger partial charge in [0, 0.05) is 11.6 Å². The van der Waals surface area contributed by atoms with E-state index in [2.05, 4.69) is 29.6 Å². The molecule has 1 aliphatic carbocycles. The zero-order chi connectivity index (χ0) is 25.3. The molecule has 1 fully saturated rings. The molecule has 8 nitrogen and oxygen atoms in total. The van der Waals surface area contributed by atoms with Gasteiger partial charge in [-0.25, -0.2) is 9.18 Å². The van der Waals surface area contributed by atoms with E-state index in [4.69, 9.17) is 5.11 Å². The van der Waals surface area contributed by atoms with E-state index < -0.39 is 24.6 Å². The van der Waals surface area contributed by atoms with E-state index in [0.717, 1.165) is 44.1 Å². The molecule has 34 heavy (non-hydrogen) atoms. The second kappa shape index (κ2) is 12.7. The van der Waals surface area contributed by atoms with E-state index in [9.17, 15) is 18.8 Å². The van der Waals surface area contributed by atoms with Crippen LogP contribution in [0.5, 0.6) is 0 Å². The number of hydrogen-bond donors (Lipinski definition) is 4. The fourth-order valence-electron chi connectivity index (χ4n) is 4.70. The Balaban J connectivity index is 1.93. The predicted molar refractivity (Wildman–Crippen MR) is 129 cm³/mol. The third kappa shape index (κ3) is 8.59. The minimum absolute atomic E-state index is 0.0123. The van der Waals surface area contributed by atoms with Gasteiger partial charge in [-0.1, -0.05) is 26.0 Å². The maximum Gasteiger partial charge on any atom is 0.405 e. The quantitative estimate of drug-likeness (QED) is 0.391. The third-order valence-electron chi connectivity index (χ3n) is 6.74. The number of amides is 3. The number of nitrogens with zero attached hydrogens (tertiary/aromatic N) is 1. The van der Waals surface area contributed by atoms with Crippen molar-refractivity contribution < 1.29 is 23.9 Å². The van der Waals surface area contributed by atoms with Gasteiger partial charge in [0.15, 0.2) is 0 Å². The van der Waals surface area contributed by atoms with Crippen molar-refractivity contribution in [1.82, 2.24) is 20.9 Å². The van der Waals surface area contributed by atoms with Crippen molar-refractivity contribution >= 4 is 17.9 Å². The van der Waals surface area contributed by atoms with Gasteiger partial charge in [-0.3, -0.25) is 9.59 Å². The lowest BCUT2D eigenvalue weighted by Gasteiger charge is -2.45. The lowest BCUT2D eigenvalue weighted by molar-refractivity contribution is -0.129. The highest BCUT2D eigenvalue weighted by atomic mass is 19.1. The number of hydrogen-bond acceptors (Lipinski definition) is 4. The van der Waals surface area contributed by atoms with Crippen LogP contribution in [-0.4, -0.2) is 66.2 Å². The summed E-state index contributed by atoms with van der Waals surface area (Å²) in [4.78, 5) is 37.9. The summed E-state index contributed by atoms with van der Waals surface area (Å²) in [5.41, 5.74) is 0.975. The monoisotopic (exact) mass is 478 g/mol. The third-order valence-corrected chi connectivity index (χ3v) is 6.74. The highest BCUT2D eigenvalue weighted by molar-refractivity contribution is 5.89. The van der Waals surface area contributed by atoms with E-state index in [1.54, 1.807) is 12.1 Å². The highest BCUT2D eigenvalue weighted by Crippen LogP contribution is 2.36. The van der Waals surface area contributed by atoms with E-state index >= 15 is 0 Å². The molecule has 0 aliphatic heterocycles. The van der Waals surface area contributed by atoms with Crippen molar-refractivity contribution in [3.8, 4) is 0 Å². The number of rotatable bonds is 11. The van der Waals surface area contributed by atoms with Gasteiger partial charge < -0.3 is 26.0 Å². The fourth-order valence-corrected chi connectivity index (χ4v) is 4.70. The summed E-state index contributed by atoms with van der Waals surface area (Å²) in [7, 11) is 4.15. The van der Waals surface area contributed by atoms with Gasteiger partial charge in [-0.15, -0.1) is 0 Å². The molecule has 2 rings (SSSR count). The van der Waals surface area contributed by atoms with Gasteiger partial charge in [0.05, 0.1) is 0 Å². The van der Waals surface area contributed by atoms with Crippen LogP contribution in [0.4, 0.5) is 9.18 Å². The molecule has 1 aromatic rings. The Morgan fingerprint density at radius 2 is 1.88 bits per heavy atom. The van der Waals surface area contributed by atoms with Crippen LogP contribution in [0.3, 0.4) is 0 Å². The molecule has 1 saturated carbocycles. The summed E-state index contributed by atoms with van der Waals surface area (Å²) >= 11 is 0. The van der Waals surface area contributed by atoms with Gasteiger partial charge in [0.25, 0.3) is 0 Å². The molecular weight excluding hydrogens is 439 g/mol. The first-order valence-corrected chi connectivity index (χ1v) is 12.0. The number of aryl methyl sites for hydroxylation is 1. The molecule has 1 atom stereocenters. The van der Waals surface area contributed by atoms with Crippen LogP contribution in [0, 0.1) is 11.7 Å². The van der Waals surface area contributed by atoms with E-state index in [0.29, 0.717) is 6.42 Å². The van der Waals surface area contributed by atoms with E-state index in [1.165, 1.54) is 6.07 Å². The standard InChI is InChI=1S/C25H39FN4O4/c1-17(2)14-21(29-22(31)16-27-24(33)34)23(32)28-20-9-12-25(13-10-20,30(3)4)11-8-18-6-5-7-19(26)15-18/h5-7,15,17,20-21,27H,8-14,16H2,1-4H3,(H,28,32)(H,29,31)(H,33,34). The Morgan fingerprint density at radius 1 is 1.21 bits per heavy atom. The van der Waals surface area contributed by atoms with Gasteiger partial charge >= 0.3 is 6.09 Å². The number of benzene rings is 1. The summed E-state index contributed by atoms with van der Waals surface area (Å²) in [6.07, 6.45) is 4.32. The summed E-state index contributed by atoms with van der Waals surface area (Å²) in [6, 6.07) is 6.04. The van der Waals surface area contributed by atoms with E-state index in [1.807, 2.05) is 25.2 Å². The Hall–Kier alpha value is -2.68. The number of nitrogens with one attached hydrogen (secondary N) is 3. The zero-order valence-corrected chi connectivity index (χ0v) is 20.7. The summed E-state index contributed by atoms with van der Waals surface area (Å²) in [5, 5.41) is 16.4. The molecule has 0 spiro atoms. The van der Waals surface area contributed by atoms with E-state index in [-0.39, 0.29) is 29.2 Å². The average molecular weight is 479 g/mol. The first kappa shape index (κ1) is 27.6. The van der Waals surface area contributed by atoms with Crippen LogP contribution in [0.15, 0.2) is 24.3 Å². The smallest absolute Gasteiger partial charge is 0.405 e. The molecule has 0 aromatic heterocycles. The van der Waals surface area contributed by atoms with Crippen LogP contribution in [0.25, 0.3) is 0 Å². The van der Waals surface area contributed by atoms with Crippen molar-refractivity contribution in [1.29, 1.82) is 0 Å². The molecule has 1 aliphatic rings. The minimum atomic E-state index is -1.29. The van der Waals surface area contributed by atoms with Crippen molar-refractivity contribution in [2.45, 2.75) is 76.4 Å².